The van der Waals surface area contributed by atoms with Crippen LogP contribution in [0.3, 0.4) is 0 Å². The van der Waals surface area contributed by atoms with Crippen molar-refractivity contribution in [1.82, 2.24) is 14.8 Å². The highest BCUT2D eigenvalue weighted by Crippen LogP contribution is 2.34. The number of benzene rings is 2. The summed E-state index contributed by atoms with van der Waals surface area (Å²) in [4.78, 5) is 12.4. The summed E-state index contributed by atoms with van der Waals surface area (Å²) >= 11 is 1.08. The molecule has 0 atom stereocenters. The lowest BCUT2D eigenvalue weighted by molar-refractivity contribution is -0.137. The van der Waals surface area contributed by atoms with E-state index in [9.17, 15) is 18.0 Å². The standard InChI is InChI=1S/C24H25F3N4O2S/c1-3-5-15-33-18-12-10-17(11-13-18)22-29-30-23(31(22)14-4-2)34-16-21(32)28-20-9-7-6-8-19(20)24(25,26)27/h4,6-13H,2-3,5,14-16H2,1H3,(H,28,32). The van der Waals surface area contributed by atoms with Crippen molar-refractivity contribution < 1.29 is 22.7 Å². The van der Waals surface area contributed by atoms with Gasteiger partial charge in [0.1, 0.15) is 5.75 Å². The van der Waals surface area contributed by atoms with Gasteiger partial charge >= 0.3 is 6.18 Å². The zero-order valence-corrected chi connectivity index (χ0v) is 19.5. The number of aromatic nitrogens is 3. The number of thioether (sulfide) groups is 1. The maximum Gasteiger partial charge on any atom is 0.418 e. The van der Waals surface area contributed by atoms with Crippen LogP contribution >= 0.6 is 11.8 Å². The van der Waals surface area contributed by atoms with Crippen LogP contribution in [0.1, 0.15) is 25.3 Å². The van der Waals surface area contributed by atoms with E-state index in [4.69, 9.17) is 4.74 Å². The third-order valence-electron chi connectivity index (χ3n) is 4.75. The van der Waals surface area contributed by atoms with Crippen molar-refractivity contribution >= 4 is 23.4 Å². The smallest absolute Gasteiger partial charge is 0.418 e. The lowest BCUT2D eigenvalue weighted by Gasteiger charge is -2.13. The number of allylic oxidation sites excluding steroid dienone is 1. The maximum absolute atomic E-state index is 13.2. The highest BCUT2D eigenvalue weighted by atomic mass is 32.2. The number of unbranched alkanes of at least 4 members (excludes halogenated alkanes) is 1. The first-order valence-corrected chi connectivity index (χ1v) is 11.7. The Hall–Kier alpha value is -3.27. The van der Waals surface area contributed by atoms with Crippen LogP contribution in [0.2, 0.25) is 0 Å². The molecule has 3 rings (SSSR count). The molecule has 34 heavy (non-hydrogen) atoms. The zero-order valence-electron chi connectivity index (χ0n) is 18.6. The number of amides is 1. The number of halogens is 3. The molecule has 1 heterocycles. The summed E-state index contributed by atoms with van der Waals surface area (Å²) in [7, 11) is 0. The predicted octanol–water partition coefficient (Wildman–Crippen LogP) is 6.06. The first kappa shape index (κ1) is 25.4. The topological polar surface area (TPSA) is 69.0 Å². The lowest BCUT2D eigenvalue weighted by atomic mass is 10.1. The number of carbonyl (C=O) groups excluding carboxylic acids is 1. The minimum absolute atomic E-state index is 0.133. The van der Waals surface area contributed by atoms with Gasteiger partial charge in [-0.05, 0) is 42.8 Å². The number of rotatable bonds is 11. The molecule has 1 N–H and O–H groups in total. The molecule has 180 valence electrons. The molecule has 0 radical (unpaired) electrons. The number of hydrogen-bond donors (Lipinski definition) is 1. The molecular formula is C24H25F3N4O2S. The van der Waals surface area contributed by atoms with Gasteiger partial charge in [-0.1, -0.05) is 43.3 Å². The number of hydrogen-bond acceptors (Lipinski definition) is 5. The van der Waals surface area contributed by atoms with Gasteiger partial charge in [-0.25, -0.2) is 0 Å². The Bertz CT molecular complexity index is 1110. The van der Waals surface area contributed by atoms with Crippen molar-refractivity contribution in [3.05, 3.63) is 66.7 Å². The molecule has 0 unspecified atom stereocenters. The zero-order chi connectivity index (χ0) is 24.6. The molecular weight excluding hydrogens is 465 g/mol. The minimum atomic E-state index is -4.56. The fourth-order valence-electron chi connectivity index (χ4n) is 3.09. The summed E-state index contributed by atoms with van der Waals surface area (Å²) in [6.07, 6.45) is -0.854. The fraction of sp³-hybridized carbons (Fsp3) is 0.292. The van der Waals surface area contributed by atoms with E-state index in [0.717, 1.165) is 42.0 Å². The molecule has 0 aliphatic rings. The van der Waals surface area contributed by atoms with Gasteiger partial charge < -0.3 is 10.1 Å². The summed E-state index contributed by atoms with van der Waals surface area (Å²) < 4.78 is 47.0. The van der Waals surface area contributed by atoms with E-state index in [1.807, 2.05) is 24.3 Å². The summed E-state index contributed by atoms with van der Waals surface area (Å²) in [5, 5.41) is 11.2. The fourth-order valence-corrected chi connectivity index (χ4v) is 3.84. The molecule has 6 nitrogen and oxygen atoms in total. The third kappa shape index (κ3) is 6.63. The van der Waals surface area contributed by atoms with Gasteiger partial charge in [-0.3, -0.25) is 9.36 Å². The molecule has 0 aliphatic carbocycles. The second-order valence-corrected chi connectivity index (χ2v) is 8.25. The molecule has 0 saturated heterocycles. The molecule has 0 bridgehead atoms. The van der Waals surface area contributed by atoms with Crippen LogP contribution in [0.15, 0.2) is 66.3 Å². The molecule has 0 spiro atoms. The van der Waals surface area contributed by atoms with Crippen molar-refractivity contribution in [1.29, 1.82) is 0 Å². The molecule has 0 saturated carbocycles. The van der Waals surface area contributed by atoms with Crippen molar-refractivity contribution in [3.8, 4) is 17.1 Å². The van der Waals surface area contributed by atoms with E-state index in [1.54, 1.807) is 10.6 Å². The van der Waals surface area contributed by atoms with Crippen LogP contribution in [-0.4, -0.2) is 33.0 Å². The number of nitrogens with zero attached hydrogens (tertiary/aromatic N) is 3. The van der Waals surface area contributed by atoms with Crippen LogP contribution in [0.4, 0.5) is 18.9 Å². The van der Waals surface area contributed by atoms with Crippen LogP contribution in [0.25, 0.3) is 11.4 Å². The van der Waals surface area contributed by atoms with E-state index < -0.39 is 17.6 Å². The quantitative estimate of drug-likeness (QED) is 0.201. The second kappa shape index (κ2) is 11.7. The van der Waals surface area contributed by atoms with E-state index in [2.05, 4.69) is 29.0 Å². The Balaban J connectivity index is 1.69. The second-order valence-electron chi connectivity index (χ2n) is 7.31. The molecule has 0 aliphatic heterocycles. The molecule has 10 heteroatoms. The Labute approximate surface area is 200 Å². The lowest BCUT2D eigenvalue weighted by Crippen LogP contribution is -2.18. The predicted molar refractivity (Wildman–Crippen MR) is 127 cm³/mol. The van der Waals surface area contributed by atoms with Crippen LogP contribution in [0.5, 0.6) is 5.75 Å². The normalized spacial score (nSPS) is 11.3. The number of carbonyl (C=O) groups is 1. The first-order valence-electron chi connectivity index (χ1n) is 10.7. The highest BCUT2D eigenvalue weighted by molar-refractivity contribution is 7.99. The summed E-state index contributed by atoms with van der Waals surface area (Å²) in [5.74, 6) is 0.638. The number of ether oxygens (including phenoxy) is 1. The number of nitrogens with one attached hydrogen (secondary N) is 1. The van der Waals surface area contributed by atoms with Crippen LogP contribution in [-0.2, 0) is 17.5 Å². The van der Waals surface area contributed by atoms with Crippen molar-refractivity contribution in [2.45, 2.75) is 37.6 Å². The van der Waals surface area contributed by atoms with E-state index in [0.29, 0.717) is 24.1 Å². The Morgan fingerprint density at radius 3 is 2.59 bits per heavy atom. The number of anilines is 1. The molecule has 1 aromatic heterocycles. The molecule has 1 amide bonds. The van der Waals surface area contributed by atoms with Gasteiger partial charge in [0.15, 0.2) is 11.0 Å². The van der Waals surface area contributed by atoms with Crippen molar-refractivity contribution in [3.63, 3.8) is 0 Å². The highest BCUT2D eigenvalue weighted by Gasteiger charge is 2.33. The van der Waals surface area contributed by atoms with Crippen LogP contribution in [0, 0.1) is 0 Å². The van der Waals surface area contributed by atoms with Crippen molar-refractivity contribution in [2.75, 3.05) is 17.7 Å². The van der Waals surface area contributed by atoms with Crippen molar-refractivity contribution in [2.24, 2.45) is 0 Å². The monoisotopic (exact) mass is 490 g/mol. The Morgan fingerprint density at radius 1 is 1.18 bits per heavy atom. The van der Waals surface area contributed by atoms with E-state index in [-0.39, 0.29) is 11.4 Å². The summed E-state index contributed by atoms with van der Waals surface area (Å²) in [6, 6.07) is 12.3. The van der Waals surface area contributed by atoms with Crippen LogP contribution < -0.4 is 10.1 Å². The first-order chi connectivity index (χ1) is 16.3. The van der Waals surface area contributed by atoms with Gasteiger partial charge in [0.25, 0.3) is 0 Å². The maximum atomic E-state index is 13.2. The van der Waals surface area contributed by atoms with Gasteiger partial charge in [-0.2, -0.15) is 13.2 Å². The summed E-state index contributed by atoms with van der Waals surface area (Å²) in [5.41, 5.74) is -0.365. The Morgan fingerprint density at radius 2 is 1.91 bits per heavy atom. The molecule has 3 aromatic rings. The van der Waals surface area contributed by atoms with Gasteiger partial charge in [0.2, 0.25) is 5.91 Å². The third-order valence-corrected chi connectivity index (χ3v) is 5.71. The molecule has 0 fully saturated rings. The Kier molecular flexibility index (Phi) is 8.75. The average molecular weight is 491 g/mol. The van der Waals surface area contributed by atoms with Gasteiger partial charge in [0, 0.05) is 12.1 Å². The van der Waals surface area contributed by atoms with E-state index in [1.165, 1.54) is 18.2 Å². The number of alkyl halides is 3. The molecule has 2 aromatic carbocycles. The summed E-state index contributed by atoms with van der Waals surface area (Å²) in [6.45, 7) is 6.91. The SMILES string of the molecule is C=CCn1c(SCC(=O)Nc2ccccc2C(F)(F)F)nnc1-c1ccc(OCCCC)cc1. The minimum Gasteiger partial charge on any atom is -0.494 e. The largest absolute Gasteiger partial charge is 0.494 e. The number of para-hydroxylation sites is 1. The van der Waals surface area contributed by atoms with E-state index >= 15 is 0 Å². The average Bonchev–Trinajstić information content (AvgIpc) is 3.21. The van der Waals surface area contributed by atoms with Gasteiger partial charge in [0.05, 0.1) is 23.6 Å². The van der Waals surface area contributed by atoms with Gasteiger partial charge in [-0.15, -0.1) is 16.8 Å².